The molecule has 8 nitrogen and oxygen atoms in total. The second kappa shape index (κ2) is 11.0. The Morgan fingerprint density at radius 3 is 2.18 bits per heavy atom. The lowest BCUT2D eigenvalue weighted by Gasteiger charge is -2.40. The van der Waals surface area contributed by atoms with Crippen LogP contribution >= 0.6 is 10.2 Å². The van der Waals surface area contributed by atoms with Crippen LogP contribution in [0.4, 0.5) is 33.9 Å². The summed E-state index contributed by atoms with van der Waals surface area (Å²) in [6, 6.07) is 1.94. The molecule has 2 saturated carbocycles. The van der Waals surface area contributed by atoms with E-state index < -0.39 is 73.7 Å². The molecular formula is C28H31F7N2O6S. The number of rotatable bonds is 9. The molecule has 2 aliphatic rings. The molecule has 0 saturated heterocycles. The van der Waals surface area contributed by atoms with Crippen LogP contribution in [0.2, 0.25) is 0 Å². The third kappa shape index (κ3) is 7.33. The van der Waals surface area contributed by atoms with Gasteiger partial charge in [-0.15, -0.1) is 0 Å². The van der Waals surface area contributed by atoms with E-state index in [2.05, 4.69) is 10.6 Å². The topological polar surface area (TPSA) is 114 Å². The van der Waals surface area contributed by atoms with Crippen LogP contribution in [0, 0.1) is 23.0 Å². The summed E-state index contributed by atoms with van der Waals surface area (Å²) in [6.45, 7) is 1.62. The van der Waals surface area contributed by atoms with E-state index in [0.29, 0.717) is 38.2 Å². The van der Waals surface area contributed by atoms with Crippen molar-refractivity contribution < 1.29 is 57.2 Å². The van der Waals surface area contributed by atoms with Crippen molar-refractivity contribution in [3.8, 4) is 11.5 Å². The van der Waals surface area contributed by atoms with E-state index in [-0.39, 0.29) is 42.0 Å². The molecule has 0 heterocycles. The van der Waals surface area contributed by atoms with Gasteiger partial charge in [0.2, 0.25) is 5.91 Å². The number of benzene rings is 2. The summed E-state index contributed by atoms with van der Waals surface area (Å²) in [7, 11) is -9.18. The van der Waals surface area contributed by atoms with Gasteiger partial charge in [0.05, 0.1) is 30.1 Å². The maximum atomic E-state index is 14.8. The number of carbonyl (C=O) groups is 3. The minimum Gasteiger partial charge on any atom is -0.496 e. The molecule has 2 aromatic rings. The van der Waals surface area contributed by atoms with Gasteiger partial charge < -0.3 is 25.2 Å². The molecule has 0 aromatic heterocycles. The zero-order chi connectivity index (χ0) is 32.7. The van der Waals surface area contributed by atoms with Crippen LogP contribution in [0.25, 0.3) is 0 Å². The molecule has 2 aromatic carbocycles. The predicted molar refractivity (Wildman–Crippen MR) is 147 cm³/mol. The van der Waals surface area contributed by atoms with Crippen molar-refractivity contribution in [1.29, 1.82) is 0 Å². The molecule has 2 unspecified atom stereocenters. The zero-order valence-corrected chi connectivity index (χ0v) is 24.4. The Balaban J connectivity index is 1.48. The molecule has 2 amide bonds. The standard InChI is InChI=1S/C28H31F7N2O6S/c1-28(27(40)41)10-8-16(9-11-28)43-23-13-18(22(42-2)14-20(23)30)26(39)37-21-5-3-4-17(21)25(38)36-15-6-7-19(29)24(12-15)44(31,32,33,34)35/h6-7,12-14,16-17,21H,3-5,8-11H2,1-2H3,(H,36,38)(H,37,39)(H,40,41). The molecule has 4 rings (SSSR count). The number of carboxylic acids is 1. The van der Waals surface area contributed by atoms with Crippen molar-refractivity contribution in [2.24, 2.45) is 11.3 Å². The monoisotopic (exact) mass is 656 g/mol. The van der Waals surface area contributed by atoms with Gasteiger partial charge in [0, 0.05) is 17.8 Å². The molecule has 0 bridgehead atoms. The van der Waals surface area contributed by atoms with Gasteiger partial charge in [0.15, 0.2) is 11.6 Å². The van der Waals surface area contributed by atoms with Crippen molar-refractivity contribution in [3.63, 3.8) is 0 Å². The van der Waals surface area contributed by atoms with Gasteiger partial charge in [-0.3, -0.25) is 14.4 Å². The van der Waals surface area contributed by atoms with Gasteiger partial charge in [-0.1, -0.05) is 25.8 Å². The maximum Gasteiger partial charge on any atom is 0.313 e. The van der Waals surface area contributed by atoms with Gasteiger partial charge in [0.25, 0.3) is 5.91 Å². The largest absolute Gasteiger partial charge is 0.496 e. The molecule has 2 fully saturated rings. The molecule has 2 atom stereocenters. The average Bonchev–Trinajstić information content (AvgIpc) is 3.38. The van der Waals surface area contributed by atoms with E-state index in [4.69, 9.17) is 9.47 Å². The van der Waals surface area contributed by atoms with E-state index in [0.717, 1.165) is 12.1 Å². The number of aliphatic carboxylic acids is 1. The minimum atomic E-state index is -10.4. The normalized spacial score (nSPS) is 25.3. The Hall–Kier alpha value is -3.69. The minimum absolute atomic E-state index is 0.139. The van der Waals surface area contributed by atoms with Gasteiger partial charge >= 0.3 is 16.2 Å². The van der Waals surface area contributed by atoms with Gasteiger partial charge in [-0.2, -0.15) is 0 Å². The molecule has 0 spiro atoms. The quantitative estimate of drug-likeness (QED) is 0.240. The fourth-order valence-electron chi connectivity index (χ4n) is 5.52. The number of amides is 2. The lowest BCUT2D eigenvalue weighted by molar-refractivity contribution is -0.150. The Bertz CT molecular complexity index is 1480. The smallest absolute Gasteiger partial charge is 0.313 e. The number of carbonyl (C=O) groups excluding carboxylic acids is 2. The summed E-state index contributed by atoms with van der Waals surface area (Å²) in [5, 5.41) is 14.2. The van der Waals surface area contributed by atoms with E-state index in [1.54, 1.807) is 6.92 Å². The molecule has 44 heavy (non-hydrogen) atoms. The van der Waals surface area contributed by atoms with Crippen LogP contribution in [-0.4, -0.2) is 42.1 Å². The number of carboxylic acid groups (broad SMARTS) is 1. The molecule has 16 heteroatoms. The number of halogens is 7. The van der Waals surface area contributed by atoms with E-state index in [1.165, 1.54) is 7.11 Å². The number of methoxy groups -OCH3 is 1. The Morgan fingerprint density at radius 1 is 0.932 bits per heavy atom. The average molecular weight is 657 g/mol. The first-order valence-electron chi connectivity index (χ1n) is 13.6. The summed E-state index contributed by atoms with van der Waals surface area (Å²) < 4.78 is 106. The van der Waals surface area contributed by atoms with Gasteiger partial charge in [-0.25, -0.2) is 8.78 Å². The summed E-state index contributed by atoms with van der Waals surface area (Å²) in [5.41, 5.74) is -1.76. The summed E-state index contributed by atoms with van der Waals surface area (Å²) in [5.74, 6) is -7.01. The second-order valence-electron chi connectivity index (χ2n) is 11.4. The summed E-state index contributed by atoms with van der Waals surface area (Å²) in [6.07, 6.45) is 1.69. The highest BCUT2D eigenvalue weighted by molar-refractivity contribution is 8.45. The lowest BCUT2D eigenvalue weighted by atomic mass is 9.75. The summed E-state index contributed by atoms with van der Waals surface area (Å²) in [4.78, 5) is 35.0. The van der Waals surface area contributed by atoms with Gasteiger partial charge in [-0.05, 0) is 69.7 Å². The summed E-state index contributed by atoms with van der Waals surface area (Å²) >= 11 is 0. The van der Waals surface area contributed by atoms with E-state index >= 15 is 0 Å². The number of ether oxygens (including phenoxy) is 2. The van der Waals surface area contributed by atoms with Crippen LogP contribution in [0.3, 0.4) is 0 Å². The van der Waals surface area contributed by atoms with Crippen LogP contribution in [0.5, 0.6) is 11.5 Å². The highest BCUT2D eigenvalue weighted by Crippen LogP contribution is 3.02. The van der Waals surface area contributed by atoms with Crippen LogP contribution in [-0.2, 0) is 9.59 Å². The van der Waals surface area contributed by atoms with Crippen molar-refractivity contribution in [2.75, 3.05) is 12.4 Å². The fraction of sp³-hybridized carbons (Fsp3) is 0.464. The Labute approximate surface area is 248 Å². The molecule has 244 valence electrons. The Kier molecular flexibility index (Phi) is 8.33. The van der Waals surface area contributed by atoms with Crippen molar-refractivity contribution in [3.05, 3.63) is 47.5 Å². The highest BCUT2D eigenvalue weighted by Gasteiger charge is 2.67. The molecule has 3 N–H and O–H groups in total. The Morgan fingerprint density at radius 2 is 1.59 bits per heavy atom. The van der Waals surface area contributed by atoms with E-state index in [9.17, 15) is 47.7 Å². The fourth-order valence-corrected chi connectivity index (χ4v) is 6.30. The number of hydrogen-bond acceptors (Lipinski definition) is 5. The maximum absolute atomic E-state index is 14.8. The number of anilines is 1. The van der Waals surface area contributed by atoms with E-state index in [1.807, 2.05) is 0 Å². The van der Waals surface area contributed by atoms with Crippen LogP contribution in [0.15, 0.2) is 35.2 Å². The molecule has 2 aliphatic carbocycles. The van der Waals surface area contributed by atoms with Crippen molar-refractivity contribution in [1.82, 2.24) is 5.32 Å². The third-order valence-electron chi connectivity index (χ3n) is 8.13. The van der Waals surface area contributed by atoms with Crippen LogP contribution in [0.1, 0.15) is 62.2 Å². The second-order valence-corrected chi connectivity index (χ2v) is 13.8. The third-order valence-corrected chi connectivity index (χ3v) is 9.27. The predicted octanol–water partition coefficient (Wildman–Crippen LogP) is 7.58. The first-order chi connectivity index (χ1) is 20.2. The SMILES string of the molecule is COc1cc(F)c(OC2CCC(C)(C(=O)O)CC2)cc1C(=O)NC1CCCC1C(=O)Nc1ccc(F)c(S(F)(F)(F)(F)F)c1. The molecule has 0 radical (unpaired) electrons. The number of hydrogen-bond donors (Lipinski definition) is 3. The lowest BCUT2D eigenvalue weighted by Crippen LogP contribution is -2.42. The molecular weight excluding hydrogens is 625 g/mol. The zero-order valence-electron chi connectivity index (χ0n) is 23.6. The van der Waals surface area contributed by atoms with Crippen LogP contribution < -0.4 is 20.1 Å². The van der Waals surface area contributed by atoms with Crippen molar-refractivity contribution in [2.45, 2.75) is 68.9 Å². The number of nitrogens with one attached hydrogen (secondary N) is 2. The molecule has 0 aliphatic heterocycles. The highest BCUT2D eigenvalue weighted by atomic mass is 32.5. The van der Waals surface area contributed by atoms with Gasteiger partial charge in [0.1, 0.15) is 16.5 Å². The van der Waals surface area contributed by atoms with Crippen molar-refractivity contribution >= 4 is 33.7 Å². The first kappa shape index (κ1) is 33.2. The first-order valence-corrected chi connectivity index (χ1v) is 15.6.